The number of fused-ring (bicyclic) bond motifs is 1. The number of alkyl carbamates (subject to hydrolysis) is 1. The van der Waals surface area contributed by atoms with Crippen LogP contribution in [0.2, 0.25) is 0 Å². The molecule has 3 saturated heterocycles. The number of aromatic hydroxyl groups is 1. The van der Waals surface area contributed by atoms with Gasteiger partial charge in [-0.25, -0.2) is 14.6 Å². The molecule has 12 amide bonds. The van der Waals surface area contributed by atoms with Gasteiger partial charge in [0, 0.05) is 106 Å². The average molecular weight is 1820 g/mol. The highest BCUT2D eigenvalue weighted by molar-refractivity contribution is 6.00. The Bertz CT molecular complexity index is 4960. The lowest BCUT2D eigenvalue weighted by Gasteiger charge is -2.39. The first-order valence-electron chi connectivity index (χ1n) is 44.3. The second-order valence-electron chi connectivity index (χ2n) is 33.9. The van der Waals surface area contributed by atoms with Gasteiger partial charge in [-0.3, -0.25) is 62.8 Å². The van der Waals surface area contributed by atoms with Gasteiger partial charge in [-0.05, 0) is 126 Å². The Kier molecular flexibility index (Phi) is 39.1. The van der Waals surface area contributed by atoms with Gasteiger partial charge >= 0.3 is 12.1 Å². The molecule has 40 heteroatoms. The first-order valence-corrected chi connectivity index (χ1v) is 44.3. The van der Waals surface area contributed by atoms with E-state index in [0.717, 1.165) is 11.1 Å². The van der Waals surface area contributed by atoms with Gasteiger partial charge in [0.05, 0.1) is 61.8 Å². The summed E-state index contributed by atoms with van der Waals surface area (Å²) in [6, 6.07) is -0.884. The number of phenols is 1. The normalized spacial score (nSPS) is 20.3. The number of cyclic esters (lactones) is 1. The molecule has 0 bridgehead atoms. The number of aryl methyl sites for hydroxylation is 1. The van der Waals surface area contributed by atoms with Crippen molar-refractivity contribution in [1.29, 1.82) is 5.41 Å². The van der Waals surface area contributed by atoms with Gasteiger partial charge in [0.1, 0.15) is 66.2 Å². The van der Waals surface area contributed by atoms with E-state index in [-0.39, 0.29) is 157 Å². The maximum Gasteiger partial charge on any atom is 0.407 e. The minimum Gasteiger partial charge on any atom is -0.508 e. The molecule has 21 N–H and O–H groups in total. The Labute approximate surface area is 759 Å². The molecule has 131 heavy (non-hydrogen) atoms. The van der Waals surface area contributed by atoms with Crippen LogP contribution in [-0.4, -0.2) is 251 Å². The number of nitrogens with two attached hydrogens (primary N) is 2. The van der Waals surface area contributed by atoms with Crippen molar-refractivity contribution in [3.8, 4) is 5.75 Å². The van der Waals surface area contributed by atoms with E-state index in [4.69, 9.17) is 31.1 Å². The number of aromatic nitrogens is 6. The monoisotopic (exact) mass is 1820 g/mol. The van der Waals surface area contributed by atoms with Crippen LogP contribution in [0.1, 0.15) is 148 Å². The van der Waals surface area contributed by atoms with Crippen molar-refractivity contribution in [3.63, 3.8) is 0 Å². The molecule has 0 saturated carbocycles. The zero-order chi connectivity index (χ0) is 94.8. The summed E-state index contributed by atoms with van der Waals surface area (Å²) < 4.78 is 19.0. The summed E-state index contributed by atoms with van der Waals surface area (Å²) in [6.45, 7) is 11.8. The maximum absolute atomic E-state index is 15.4. The van der Waals surface area contributed by atoms with Crippen LogP contribution in [0.5, 0.6) is 5.75 Å². The third-order valence-electron chi connectivity index (χ3n) is 22.7. The third kappa shape index (κ3) is 32.4. The number of aromatic amines is 2. The Morgan fingerprint density at radius 1 is 0.771 bits per heavy atom. The molecule has 4 aliphatic heterocycles. The number of hydrogen-bond acceptors (Lipinski definition) is 23. The van der Waals surface area contributed by atoms with Crippen LogP contribution in [0, 0.1) is 23.2 Å². The number of benzene rings is 2. The molecule has 0 spiro atoms. The number of allylic oxidation sites excluding steroid dienone is 7. The second kappa shape index (κ2) is 50.6. The number of carbonyl (C=O) groups is 13. The van der Waals surface area contributed by atoms with Gasteiger partial charge in [0.15, 0.2) is 5.96 Å². The van der Waals surface area contributed by atoms with Crippen molar-refractivity contribution < 1.29 is 91.9 Å². The number of primary amides is 1. The van der Waals surface area contributed by atoms with Gasteiger partial charge in [0.25, 0.3) is 0 Å². The number of hydrogen-bond donors (Lipinski definition) is 19. The number of aliphatic hydroxyl groups excluding tert-OH is 2. The lowest BCUT2D eigenvalue weighted by Crippen LogP contribution is -2.61. The Hall–Kier alpha value is -13.4. The fourth-order valence-corrected chi connectivity index (χ4v) is 15.9. The molecular formula is C91H125N21O19. The van der Waals surface area contributed by atoms with E-state index in [9.17, 15) is 68.1 Å². The van der Waals surface area contributed by atoms with Gasteiger partial charge in [0.2, 0.25) is 65.0 Å². The molecule has 3 aromatic heterocycles. The summed E-state index contributed by atoms with van der Waals surface area (Å²) >= 11 is 0. The summed E-state index contributed by atoms with van der Waals surface area (Å²) in [5, 5.41) is 79.3. The van der Waals surface area contributed by atoms with Crippen molar-refractivity contribution in [2.45, 2.75) is 243 Å². The van der Waals surface area contributed by atoms with Crippen molar-refractivity contribution >= 4 is 93.9 Å². The maximum atomic E-state index is 15.4. The molecule has 2 aromatic carbocycles. The molecule has 16 atom stereocenters. The number of imidazole rings is 1. The van der Waals surface area contributed by atoms with Crippen LogP contribution < -0.4 is 70.0 Å². The molecule has 0 radical (unpaired) electrons. The lowest BCUT2D eigenvalue weighted by molar-refractivity contribution is -0.142. The van der Waals surface area contributed by atoms with Crippen LogP contribution in [0.15, 0.2) is 145 Å². The number of carbonyl (C=O) groups excluding carboxylic acids is 13. The lowest BCUT2D eigenvalue weighted by atomic mass is 9.87. The number of guanidine groups is 1. The van der Waals surface area contributed by atoms with E-state index in [1.807, 2.05) is 64.2 Å². The minimum absolute atomic E-state index is 0.0318. The van der Waals surface area contributed by atoms with Crippen LogP contribution in [0.25, 0.3) is 10.9 Å². The summed E-state index contributed by atoms with van der Waals surface area (Å²) in [7, 11) is 0. The predicted octanol–water partition coefficient (Wildman–Crippen LogP) is 1.53. The van der Waals surface area contributed by atoms with Crippen LogP contribution in [0.3, 0.4) is 0 Å². The number of ether oxygens (including phenoxy) is 3. The number of H-pyrrole nitrogens is 2. The third-order valence-corrected chi connectivity index (χ3v) is 22.7. The van der Waals surface area contributed by atoms with E-state index in [2.05, 4.69) is 96.7 Å². The fraction of sp³-hybridized carbons (Fsp3) is 0.505. The summed E-state index contributed by atoms with van der Waals surface area (Å²) in [4.78, 5) is 193. The first kappa shape index (κ1) is 101. The van der Waals surface area contributed by atoms with Crippen molar-refractivity contribution in [2.75, 3.05) is 32.8 Å². The van der Waals surface area contributed by atoms with E-state index in [0.29, 0.717) is 52.7 Å². The molecular weight excluding hydrogens is 1690 g/mol. The van der Waals surface area contributed by atoms with Gasteiger partial charge in [-0.1, -0.05) is 123 Å². The van der Waals surface area contributed by atoms with Crippen molar-refractivity contribution in [3.05, 3.63) is 168 Å². The molecule has 40 nitrogen and oxygen atoms in total. The van der Waals surface area contributed by atoms with E-state index >= 15 is 9.59 Å². The Morgan fingerprint density at radius 3 is 2.14 bits per heavy atom. The summed E-state index contributed by atoms with van der Waals surface area (Å²) in [5.41, 5.74) is 15.2. The Balaban J connectivity index is 0.942. The second-order valence-corrected chi connectivity index (χ2v) is 33.9. The fourth-order valence-electron chi connectivity index (χ4n) is 15.9. The number of aliphatic hydroxyl groups is 2. The summed E-state index contributed by atoms with van der Waals surface area (Å²) in [5.74, 6) is -10.3. The number of likely N-dealkylation sites (tertiary alicyclic amines) is 1. The molecule has 9 rings (SSSR count). The molecule has 0 unspecified atom stereocenters. The number of nitrogens with one attached hydrogen (secondary N) is 14. The number of nitrogens with zero attached hydrogens (tertiary/aromatic N) is 5. The minimum atomic E-state index is -1.87. The summed E-state index contributed by atoms with van der Waals surface area (Å²) in [6.07, 6.45) is 23.0. The van der Waals surface area contributed by atoms with Crippen LogP contribution in [-0.2, 0) is 104 Å². The predicted molar refractivity (Wildman–Crippen MR) is 481 cm³/mol. The number of phenolic OH excluding ortho intramolecular Hbond substituents is 1. The highest BCUT2D eigenvalue weighted by Crippen LogP contribution is 2.30. The average Bonchev–Trinajstić information content (AvgIpc) is 1.78. The Morgan fingerprint density at radius 2 is 1.45 bits per heavy atom. The number of para-hydroxylation sites is 1. The molecule has 5 aromatic rings. The standard InChI is InChI=1S/C91H125N21O19/c1-8-16-76-56(7)75(115)45-77(131-76)65(21-11-17-53(4)40-55(6)41-54(5)26-31-62-18-12-25-80(118)130-62)108-91(128)129-38-34-59-49-111(110-109-59)36-14-23-66(81(119)103-69(39-52(2)3)83(121)102-68(22-13-35-96-90(93)94)89(127)112-37-15-24-74(112)88(126)98-48-78(92)116)101-84(122)70(42-57-27-29-61(114)30-28-57)104-87(125)73(50-113)107-85(123)71(43-58-46-97-64-20-10-9-19-63(58)64)105-86(124)72(44-60-47-95-51-99-60)106-82(120)67-32-33-79(117)100-67/h8-12,16-17,19-21,25-31,41,46-47,49,51-52,55-56,62,65-77,97,113-115H,13-15,18,22-24,32-40,42-45,48,50H2,1-7H3,(H2,92,116)(H,95,99)(H,98,126)(H,100,117)(H,101,122)(H,102,121)(H,103,119)(H,104,125)(H,105,124)(H,106,120)(H,107,123)(H,108,128)(H4,93,94,96)/b16-8+,21-11+,31-26+,53-17+,54-41-/t55-,56+,62-,65-,66+,67+,68+,69+,70+,71+,72+,73+,74+,75-,76+,77+/m1/s1. The molecule has 0 aliphatic carbocycles. The number of amides is 12. The first-order chi connectivity index (χ1) is 62.7. The largest absolute Gasteiger partial charge is 0.508 e. The molecule has 708 valence electrons. The quantitative estimate of drug-likeness (QED) is 0.00656. The molecule has 3 fully saturated rings. The highest BCUT2D eigenvalue weighted by atomic mass is 16.6. The zero-order valence-corrected chi connectivity index (χ0v) is 74.8. The van der Waals surface area contributed by atoms with Gasteiger partial charge in [-0.15, -0.1) is 5.10 Å². The van der Waals surface area contributed by atoms with Crippen LogP contribution in [0.4, 0.5) is 4.79 Å². The zero-order valence-electron chi connectivity index (χ0n) is 74.8. The molecule has 4 aliphatic rings. The smallest absolute Gasteiger partial charge is 0.407 e. The van der Waals surface area contributed by atoms with Gasteiger partial charge in [-0.2, -0.15) is 0 Å². The van der Waals surface area contributed by atoms with Crippen LogP contribution >= 0.6 is 0 Å². The molecule has 7 heterocycles. The topological polar surface area (TPSA) is 597 Å². The van der Waals surface area contributed by atoms with E-state index < -0.39 is 157 Å². The highest BCUT2D eigenvalue weighted by Gasteiger charge is 2.42. The van der Waals surface area contributed by atoms with Crippen molar-refractivity contribution in [2.24, 2.45) is 29.2 Å². The number of esters is 1. The van der Waals surface area contributed by atoms with E-state index in [1.165, 1.54) is 52.4 Å². The van der Waals surface area contributed by atoms with Gasteiger partial charge < -0.3 is 114 Å². The van der Waals surface area contributed by atoms with Crippen molar-refractivity contribution in [1.82, 2.24) is 93.3 Å². The van der Waals surface area contributed by atoms with E-state index in [1.54, 1.807) is 62.7 Å². The SMILES string of the molecule is C/C=C/[C@@H]1O[C@H]([C@@H](/C=C/C=C(\C)C[C@@H](C)/C=C(C)\C=C\[C@H]2CC=CC(=O)O2)NC(=O)OCCc2cn(CCC[C@H](NC(=O)[C@H](Cc3ccc(O)cc3)NC(=O)[C@H](CO)NC(=O)[C@H](Cc3c[nH]c4ccccc34)NC(=O)[C@H](Cc3c[nH]cn3)NC(=O)[C@@H]3CCC(=O)N3)C(=O)N[C@@H](CC(C)C)C(=O)N[C@@H](CCCNC(=N)N)C(=O)N3CCC[C@H]3C(=O)NCC(N)=O)nn2)C[C@@H](O)[C@@H]1C. The number of rotatable bonds is 48.